The molecule has 2 aliphatic heterocycles. The molecular formula is C20H22FN3O. The smallest absolute Gasteiger partial charge is 0.241 e. The lowest BCUT2D eigenvalue weighted by Gasteiger charge is -2.27. The first-order valence-corrected chi connectivity index (χ1v) is 8.84. The topological polar surface area (TPSA) is 44.4 Å². The fraction of sp³-hybridized carbons (Fsp3) is 0.350. The molecule has 2 heterocycles. The van der Waals surface area contributed by atoms with Gasteiger partial charge in [0.25, 0.3) is 0 Å². The maximum atomic E-state index is 13.2. The first-order valence-electron chi connectivity index (χ1n) is 8.84. The maximum Gasteiger partial charge on any atom is 0.241 e. The van der Waals surface area contributed by atoms with Crippen LogP contribution in [0.5, 0.6) is 0 Å². The van der Waals surface area contributed by atoms with Gasteiger partial charge in [-0.2, -0.15) is 0 Å². The molecule has 2 aliphatic rings. The molecule has 3 atom stereocenters. The van der Waals surface area contributed by atoms with Gasteiger partial charge in [0.05, 0.1) is 6.04 Å². The summed E-state index contributed by atoms with van der Waals surface area (Å²) < 4.78 is 13.2. The van der Waals surface area contributed by atoms with Crippen LogP contribution in [0.1, 0.15) is 42.5 Å². The summed E-state index contributed by atoms with van der Waals surface area (Å²) in [7, 11) is 0. The number of hydrogen-bond acceptors (Lipinski definition) is 3. The van der Waals surface area contributed by atoms with Crippen LogP contribution in [0.3, 0.4) is 0 Å². The van der Waals surface area contributed by atoms with Crippen molar-refractivity contribution in [1.29, 1.82) is 0 Å². The first kappa shape index (κ1) is 16.2. The predicted molar refractivity (Wildman–Crippen MR) is 93.9 cm³/mol. The van der Waals surface area contributed by atoms with Crippen LogP contribution in [0, 0.1) is 5.82 Å². The summed E-state index contributed by atoms with van der Waals surface area (Å²) in [5.41, 5.74) is 8.60. The second-order valence-corrected chi connectivity index (χ2v) is 6.78. The predicted octanol–water partition coefficient (Wildman–Crippen LogP) is 3.10. The zero-order valence-electron chi connectivity index (χ0n) is 14.0. The molecule has 4 nitrogen and oxygen atoms in total. The van der Waals surface area contributed by atoms with Crippen molar-refractivity contribution in [2.75, 3.05) is 6.54 Å². The van der Waals surface area contributed by atoms with Crippen molar-refractivity contribution in [3.8, 4) is 0 Å². The van der Waals surface area contributed by atoms with Gasteiger partial charge in [-0.15, -0.1) is 0 Å². The summed E-state index contributed by atoms with van der Waals surface area (Å²) in [5, 5.41) is 0. The molecule has 2 fully saturated rings. The van der Waals surface area contributed by atoms with Gasteiger partial charge in [-0.1, -0.05) is 42.5 Å². The van der Waals surface area contributed by atoms with Gasteiger partial charge in [0.2, 0.25) is 5.91 Å². The molecule has 2 aromatic rings. The van der Waals surface area contributed by atoms with E-state index < -0.39 is 0 Å². The summed E-state index contributed by atoms with van der Waals surface area (Å²) in [5.74, 6) is -0.121. The second kappa shape index (κ2) is 6.94. The zero-order chi connectivity index (χ0) is 17.2. The third kappa shape index (κ3) is 3.30. The SMILES string of the molecule is O=C(C1CC(c2ccccc2)NN1)N1CCCC1c1ccc(F)cc1. The molecule has 0 radical (unpaired) electrons. The van der Waals surface area contributed by atoms with E-state index in [4.69, 9.17) is 0 Å². The van der Waals surface area contributed by atoms with Crippen LogP contribution in [-0.2, 0) is 4.79 Å². The first-order chi connectivity index (χ1) is 12.2. The maximum absolute atomic E-state index is 13.2. The van der Waals surface area contributed by atoms with Crippen LogP contribution >= 0.6 is 0 Å². The largest absolute Gasteiger partial charge is 0.334 e. The van der Waals surface area contributed by atoms with Gasteiger partial charge >= 0.3 is 0 Å². The third-order valence-electron chi connectivity index (χ3n) is 5.19. The van der Waals surface area contributed by atoms with E-state index in [1.54, 1.807) is 12.1 Å². The molecule has 0 aliphatic carbocycles. The highest BCUT2D eigenvalue weighted by Gasteiger charge is 2.37. The molecule has 0 spiro atoms. The number of hydrazine groups is 1. The molecule has 0 aromatic heterocycles. The Morgan fingerprint density at radius 1 is 1.00 bits per heavy atom. The van der Waals surface area contributed by atoms with Gasteiger partial charge < -0.3 is 4.90 Å². The summed E-state index contributed by atoms with van der Waals surface area (Å²) in [6.45, 7) is 0.759. The highest BCUT2D eigenvalue weighted by Crippen LogP contribution is 2.34. The van der Waals surface area contributed by atoms with E-state index in [-0.39, 0.29) is 29.8 Å². The van der Waals surface area contributed by atoms with E-state index in [0.717, 1.165) is 31.4 Å². The summed E-state index contributed by atoms with van der Waals surface area (Å²) in [6.07, 6.45) is 2.64. The van der Waals surface area contributed by atoms with Gasteiger partial charge in [0.1, 0.15) is 11.9 Å². The highest BCUT2D eigenvalue weighted by atomic mass is 19.1. The van der Waals surface area contributed by atoms with Gasteiger partial charge in [-0.05, 0) is 42.5 Å². The summed E-state index contributed by atoms with van der Waals surface area (Å²) >= 11 is 0. The Kier molecular flexibility index (Phi) is 4.51. The van der Waals surface area contributed by atoms with Gasteiger partial charge in [0, 0.05) is 12.6 Å². The molecule has 5 heteroatoms. The lowest BCUT2D eigenvalue weighted by Crippen LogP contribution is -2.45. The molecule has 0 saturated carbocycles. The highest BCUT2D eigenvalue weighted by molar-refractivity contribution is 5.83. The van der Waals surface area contributed by atoms with Crippen LogP contribution in [0.2, 0.25) is 0 Å². The number of halogens is 1. The number of likely N-dealkylation sites (tertiary alicyclic amines) is 1. The van der Waals surface area contributed by atoms with E-state index in [9.17, 15) is 9.18 Å². The van der Waals surface area contributed by atoms with Crippen molar-refractivity contribution in [3.05, 3.63) is 71.5 Å². The average Bonchev–Trinajstić information content (AvgIpc) is 3.32. The van der Waals surface area contributed by atoms with Crippen molar-refractivity contribution in [2.24, 2.45) is 0 Å². The number of carbonyl (C=O) groups excluding carboxylic acids is 1. The molecule has 2 N–H and O–H groups in total. The van der Waals surface area contributed by atoms with Crippen LogP contribution in [0.15, 0.2) is 54.6 Å². The lowest BCUT2D eigenvalue weighted by atomic mass is 10.0. The molecule has 2 saturated heterocycles. The summed E-state index contributed by atoms with van der Waals surface area (Å²) in [6, 6.07) is 16.6. The second-order valence-electron chi connectivity index (χ2n) is 6.78. The van der Waals surface area contributed by atoms with Crippen LogP contribution in [-0.4, -0.2) is 23.4 Å². The van der Waals surface area contributed by atoms with Crippen molar-refractivity contribution in [2.45, 2.75) is 37.4 Å². The number of rotatable bonds is 3. The van der Waals surface area contributed by atoms with E-state index in [1.807, 2.05) is 23.1 Å². The Morgan fingerprint density at radius 3 is 2.52 bits per heavy atom. The number of amides is 1. The molecule has 3 unspecified atom stereocenters. The van der Waals surface area contributed by atoms with Crippen molar-refractivity contribution in [3.63, 3.8) is 0 Å². The van der Waals surface area contributed by atoms with Crippen molar-refractivity contribution < 1.29 is 9.18 Å². The van der Waals surface area contributed by atoms with E-state index >= 15 is 0 Å². The number of nitrogens with one attached hydrogen (secondary N) is 2. The molecule has 2 aromatic carbocycles. The number of hydrogen-bond donors (Lipinski definition) is 2. The van der Waals surface area contributed by atoms with Crippen molar-refractivity contribution >= 4 is 5.91 Å². The van der Waals surface area contributed by atoms with E-state index in [1.165, 1.54) is 17.7 Å². The Labute approximate surface area is 147 Å². The normalized spacial score (nSPS) is 26.1. The third-order valence-corrected chi connectivity index (χ3v) is 5.19. The monoisotopic (exact) mass is 339 g/mol. The molecule has 130 valence electrons. The van der Waals surface area contributed by atoms with Gasteiger partial charge in [0.15, 0.2) is 0 Å². The van der Waals surface area contributed by atoms with Crippen LogP contribution in [0.25, 0.3) is 0 Å². The van der Waals surface area contributed by atoms with Crippen LogP contribution in [0.4, 0.5) is 4.39 Å². The molecule has 25 heavy (non-hydrogen) atoms. The molecule has 0 bridgehead atoms. The Morgan fingerprint density at radius 2 is 1.76 bits per heavy atom. The minimum absolute atomic E-state index is 0.0469. The zero-order valence-corrected chi connectivity index (χ0v) is 14.0. The van der Waals surface area contributed by atoms with Gasteiger partial charge in [-0.3, -0.25) is 4.79 Å². The quantitative estimate of drug-likeness (QED) is 0.903. The molecule has 4 rings (SSSR count). The van der Waals surface area contributed by atoms with Gasteiger partial charge in [-0.25, -0.2) is 15.2 Å². The number of nitrogens with zero attached hydrogens (tertiary/aromatic N) is 1. The number of benzene rings is 2. The Hall–Kier alpha value is -2.24. The fourth-order valence-electron chi connectivity index (χ4n) is 3.88. The Balaban J connectivity index is 1.46. The summed E-state index contributed by atoms with van der Waals surface area (Å²) in [4.78, 5) is 15.0. The lowest BCUT2D eigenvalue weighted by molar-refractivity contribution is -0.134. The van der Waals surface area contributed by atoms with E-state index in [2.05, 4.69) is 23.0 Å². The standard InChI is InChI=1S/C20H22FN3O/c21-16-10-8-15(9-11-16)19-7-4-12-24(19)20(25)18-13-17(22-23-18)14-5-2-1-3-6-14/h1-3,5-6,8-11,17-19,22-23H,4,7,12-13H2. The average molecular weight is 339 g/mol. The van der Waals surface area contributed by atoms with Crippen molar-refractivity contribution in [1.82, 2.24) is 15.8 Å². The molecular weight excluding hydrogens is 317 g/mol. The Bertz CT molecular complexity index is 734. The fourth-order valence-corrected chi connectivity index (χ4v) is 3.88. The van der Waals surface area contributed by atoms with E-state index in [0.29, 0.717) is 0 Å². The number of carbonyl (C=O) groups is 1. The van der Waals surface area contributed by atoms with Crippen LogP contribution < -0.4 is 10.9 Å². The minimum atomic E-state index is -0.244. The minimum Gasteiger partial charge on any atom is -0.334 e. The molecule has 1 amide bonds.